The van der Waals surface area contributed by atoms with Crippen LogP contribution >= 0.6 is 0 Å². The highest BCUT2D eigenvalue weighted by Gasteiger charge is 2.14. The molecule has 64 valence electrons. The summed E-state index contributed by atoms with van der Waals surface area (Å²) < 4.78 is 8.33. The monoisotopic (exact) mass is 171 g/mol. The van der Waals surface area contributed by atoms with Crippen LogP contribution in [0.1, 0.15) is 10.5 Å². The molecule has 0 radical (unpaired) electrons. The maximum absolute atomic E-state index is 10.7. The molecule has 0 atom stereocenters. The number of aromatic nitrogens is 1. The third-order valence-corrected chi connectivity index (χ3v) is 1.10. The molecular formula is C6H5NO5. The van der Waals surface area contributed by atoms with Crippen LogP contribution in [0, 0.1) is 0 Å². The van der Waals surface area contributed by atoms with E-state index in [0.29, 0.717) is 0 Å². The van der Waals surface area contributed by atoms with Gasteiger partial charge in [0.05, 0.1) is 13.2 Å². The van der Waals surface area contributed by atoms with E-state index in [-0.39, 0.29) is 0 Å². The summed E-state index contributed by atoms with van der Waals surface area (Å²) in [5.41, 5.74) is -1.25. The molecule has 0 bridgehead atoms. The maximum Gasteiger partial charge on any atom is 0.364 e. The minimum Gasteiger partial charge on any atom is -0.505 e. The van der Waals surface area contributed by atoms with Gasteiger partial charge in [-0.15, -0.1) is 0 Å². The standard InChI is InChI=1S/C6H5NO5/c1-11-6(10)5-3(8)2-4(9)12-7-5/h2,8H,1H3. The smallest absolute Gasteiger partial charge is 0.364 e. The Morgan fingerprint density at radius 2 is 2.42 bits per heavy atom. The fourth-order valence-corrected chi connectivity index (χ4v) is 0.582. The van der Waals surface area contributed by atoms with E-state index >= 15 is 0 Å². The largest absolute Gasteiger partial charge is 0.505 e. The number of carbonyl (C=O) groups excluding carboxylic acids is 1. The first kappa shape index (κ1) is 8.25. The summed E-state index contributed by atoms with van der Waals surface area (Å²) in [5, 5.41) is 12.0. The number of ether oxygens (including phenoxy) is 1. The Morgan fingerprint density at radius 1 is 1.75 bits per heavy atom. The molecule has 1 aromatic heterocycles. The van der Waals surface area contributed by atoms with Gasteiger partial charge in [0.25, 0.3) is 0 Å². The van der Waals surface area contributed by atoms with E-state index in [2.05, 4.69) is 14.4 Å². The third-order valence-electron chi connectivity index (χ3n) is 1.10. The van der Waals surface area contributed by atoms with Gasteiger partial charge in [-0.3, -0.25) is 0 Å². The van der Waals surface area contributed by atoms with Gasteiger partial charge in [-0.1, -0.05) is 5.16 Å². The Bertz CT molecular complexity index is 355. The van der Waals surface area contributed by atoms with Crippen molar-refractivity contribution in [2.24, 2.45) is 0 Å². The number of hydrogen-bond acceptors (Lipinski definition) is 6. The second-order valence-electron chi connectivity index (χ2n) is 1.87. The average Bonchev–Trinajstić information content (AvgIpc) is 2.03. The number of rotatable bonds is 1. The summed E-state index contributed by atoms with van der Waals surface area (Å²) in [5.74, 6) is -1.42. The number of nitrogens with zero attached hydrogens (tertiary/aromatic N) is 1. The lowest BCUT2D eigenvalue weighted by molar-refractivity contribution is 0.0579. The molecule has 1 aromatic rings. The van der Waals surface area contributed by atoms with Gasteiger partial charge in [-0.05, 0) is 0 Å². The normalized spacial score (nSPS) is 9.42. The van der Waals surface area contributed by atoms with Crippen LogP contribution in [0.25, 0.3) is 0 Å². The highest BCUT2D eigenvalue weighted by molar-refractivity contribution is 5.89. The zero-order valence-electron chi connectivity index (χ0n) is 6.10. The average molecular weight is 171 g/mol. The Balaban J connectivity index is 3.18. The molecule has 0 aliphatic rings. The Kier molecular flexibility index (Phi) is 2.09. The summed E-state index contributed by atoms with van der Waals surface area (Å²) in [6.07, 6.45) is 0. The van der Waals surface area contributed by atoms with Crippen LogP contribution in [0.3, 0.4) is 0 Å². The van der Waals surface area contributed by atoms with E-state index in [9.17, 15) is 9.59 Å². The SMILES string of the molecule is COC(=O)c1noc(=O)cc1O. The zero-order chi connectivity index (χ0) is 9.14. The van der Waals surface area contributed by atoms with E-state index in [1.165, 1.54) is 0 Å². The zero-order valence-corrected chi connectivity index (χ0v) is 6.10. The van der Waals surface area contributed by atoms with E-state index in [4.69, 9.17) is 5.11 Å². The molecule has 0 aliphatic carbocycles. The number of carbonyl (C=O) groups is 1. The summed E-state index contributed by atoms with van der Waals surface area (Å²) >= 11 is 0. The van der Waals surface area contributed by atoms with Crippen molar-refractivity contribution in [3.63, 3.8) is 0 Å². The lowest BCUT2D eigenvalue weighted by atomic mass is 10.4. The predicted molar refractivity (Wildman–Crippen MR) is 35.8 cm³/mol. The van der Waals surface area contributed by atoms with Gasteiger partial charge >= 0.3 is 11.6 Å². The molecule has 12 heavy (non-hydrogen) atoms. The van der Waals surface area contributed by atoms with Crippen LogP contribution in [0.15, 0.2) is 15.4 Å². The summed E-state index contributed by atoms with van der Waals surface area (Å²) in [6, 6.07) is 0.735. The predicted octanol–water partition coefficient (Wildman–Crippen LogP) is -0.473. The molecule has 1 rings (SSSR count). The minimum absolute atomic E-state index is 0.419. The molecule has 1 N–H and O–H groups in total. The van der Waals surface area contributed by atoms with Crippen molar-refractivity contribution >= 4 is 5.97 Å². The number of methoxy groups -OCH3 is 1. The number of hydrogen-bond donors (Lipinski definition) is 1. The van der Waals surface area contributed by atoms with E-state index < -0.39 is 23.0 Å². The molecule has 0 saturated heterocycles. The number of esters is 1. The second kappa shape index (κ2) is 3.04. The van der Waals surface area contributed by atoms with Crippen molar-refractivity contribution in [1.82, 2.24) is 5.16 Å². The van der Waals surface area contributed by atoms with Crippen molar-refractivity contribution in [1.29, 1.82) is 0 Å². The maximum atomic E-state index is 10.7. The summed E-state index contributed by atoms with van der Waals surface area (Å²) in [4.78, 5) is 21.2. The van der Waals surface area contributed by atoms with Gasteiger partial charge < -0.3 is 14.4 Å². The molecule has 0 aromatic carbocycles. The highest BCUT2D eigenvalue weighted by Crippen LogP contribution is 2.10. The second-order valence-corrected chi connectivity index (χ2v) is 1.87. The van der Waals surface area contributed by atoms with E-state index in [0.717, 1.165) is 13.2 Å². The van der Waals surface area contributed by atoms with Crippen molar-refractivity contribution < 1.29 is 19.2 Å². The van der Waals surface area contributed by atoms with Crippen LogP contribution in [-0.2, 0) is 4.74 Å². The van der Waals surface area contributed by atoms with E-state index in [1.807, 2.05) is 0 Å². The summed E-state index contributed by atoms with van der Waals surface area (Å²) in [6.45, 7) is 0. The van der Waals surface area contributed by atoms with Gasteiger partial charge in [0.1, 0.15) is 0 Å². The third kappa shape index (κ3) is 1.42. The molecule has 0 unspecified atom stereocenters. The lowest BCUT2D eigenvalue weighted by Gasteiger charge is -1.96. The Hall–Kier alpha value is -1.85. The van der Waals surface area contributed by atoms with Crippen LogP contribution in [-0.4, -0.2) is 23.3 Å². The van der Waals surface area contributed by atoms with Gasteiger partial charge in [-0.2, -0.15) is 0 Å². The Morgan fingerprint density at radius 3 is 2.92 bits per heavy atom. The fraction of sp³-hybridized carbons (Fsp3) is 0.167. The molecule has 0 saturated carbocycles. The number of aromatic hydroxyl groups is 1. The molecule has 6 nitrogen and oxygen atoms in total. The first-order valence-electron chi connectivity index (χ1n) is 2.93. The molecule has 1 heterocycles. The fourth-order valence-electron chi connectivity index (χ4n) is 0.582. The van der Waals surface area contributed by atoms with Crippen molar-refractivity contribution in [2.45, 2.75) is 0 Å². The molecule has 6 heteroatoms. The molecule has 0 aliphatic heterocycles. The quantitative estimate of drug-likeness (QED) is 0.574. The van der Waals surface area contributed by atoms with Crippen molar-refractivity contribution in [2.75, 3.05) is 7.11 Å². The van der Waals surface area contributed by atoms with E-state index in [1.54, 1.807) is 0 Å². The van der Waals surface area contributed by atoms with Crippen LogP contribution in [0.2, 0.25) is 0 Å². The van der Waals surface area contributed by atoms with Crippen LogP contribution < -0.4 is 5.63 Å². The van der Waals surface area contributed by atoms with Gasteiger partial charge in [-0.25, -0.2) is 9.59 Å². The molecule has 0 spiro atoms. The van der Waals surface area contributed by atoms with Crippen molar-refractivity contribution in [3.8, 4) is 5.75 Å². The molecule has 0 fully saturated rings. The Labute approximate surface area is 66.4 Å². The first-order valence-corrected chi connectivity index (χ1v) is 2.93. The lowest BCUT2D eigenvalue weighted by Crippen LogP contribution is -2.08. The topological polar surface area (TPSA) is 89.6 Å². The van der Waals surface area contributed by atoms with Crippen molar-refractivity contribution in [3.05, 3.63) is 22.2 Å². The molecular weight excluding hydrogens is 166 g/mol. The first-order chi connectivity index (χ1) is 5.65. The highest BCUT2D eigenvalue weighted by atomic mass is 16.5. The minimum atomic E-state index is -0.865. The van der Waals surface area contributed by atoms with Gasteiger partial charge in [0, 0.05) is 0 Å². The van der Waals surface area contributed by atoms with Crippen LogP contribution in [0.5, 0.6) is 5.75 Å². The molecule has 0 amide bonds. The summed E-state index contributed by atoms with van der Waals surface area (Å²) in [7, 11) is 1.12. The van der Waals surface area contributed by atoms with Gasteiger partial charge in [0.2, 0.25) is 5.69 Å². The van der Waals surface area contributed by atoms with Gasteiger partial charge in [0.15, 0.2) is 5.75 Å². The van der Waals surface area contributed by atoms with Crippen LogP contribution in [0.4, 0.5) is 0 Å².